The SMILES string of the molecule is O=C(O)c1cncc2nccn12. The third kappa shape index (κ3) is 0.833. The molecule has 0 saturated heterocycles. The molecule has 0 bridgehead atoms. The lowest BCUT2D eigenvalue weighted by atomic mass is 10.4. The van der Waals surface area contributed by atoms with Crippen molar-refractivity contribution in [3.8, 4) is 0 Å². The molecule has 0 aromatic carbocycles. The van der Waals surface area contributed by atoms with Crippen molar-refractivity contribution in [3.05, 3.63) is 30.5 Å². The molecule has 0 saturated carbocycles. The Labute approximate surface area is 67.3 Å². The third-order valence-electron chi connectivity index (χ3n) is 1.53. The number of imidazole rings is 1. The van der Waals surface area contributed by atoms with Gasteiger partial charge in [-0.05, 0) is 0 Å². The van der Waals surface area contributed by atoms with Gasteiger partial charge in [-0.3, -0.25) is 9.38 Å². The maximum atomic E-state index is 10.6. The maximum Gasteiger partial charge on any atom is 0.354 e. The zero-order valence-electron chi connectivity index (χ0n) is 6.01. The van der Waals surface area contributed by atoms with E-state index in [-0.39, 0.29) is 5.69 Å². The Kier molecular flexibility index (Phi) is 1.30. The van der Waals surface area contributed by atoms with Gasteiger partial charge in [-0.1, -0.05) is 0 Å². The topological polar surface area (TPSA) is 67.5 Å². The van der Waals surface area contributed by atoms with Gasteiger partial charge in [-0.15, -0.1) is 0 Å². The molecule has 0 aliphatic heterocycles. The van der Waals surface area contributed by atoms with Crippen molar-refractivity contribution in [2.75, 3.05) is 0 Å². The number of rotatable bonds is 1. The summed E-state index contributed by atoms with van der Waals surface area (Å²) in [6.07, 6.45) is 5.91. The molecule has 2 aromatic heterocycles. The molecule has 0 unspecified atom stereocenters. The van der Waals surface area contributed by atoms with Crippen molar-refractivity contribution in [1.29, 1.82) is 0 Å². The van der Waals surface area contributed by atoms with Gasteiger partial charge in [0.25, 0.3) is 0 Å². The smallest absolute Gasteiger partial charge is 0.354 e. The van der Waals surface area contributed by atoms with Crippen LogP contribution >= 0.6 is 0 Å². The molecule has 0 aliphatic rings. The summed E-state index contributed by atoms with van der Waals surface area (Å²) in [7, 11) is 0. The zero-order chi connectivity index (χ0) is 8.55. The van der Waals surface area contributed by atoms with Crippen LogP contribution in [0.25, 0.3) is 5.65 Å². The normalized spacial score (nSPS) is 10.3. The Morgan fingerprint density at radius 3 is 3.08 bits per heavy atom. The van der Waals surface area contributed by atoms with E-state index in [2.05, 4.69) is 9.97 Å². The van der Waals surface area contributed by atoms with Crippen molar-refractivity contribution in [1.82, 2.24) is 14.4 Å². The summed E-state index contributed by atoms with van der Waals surface area (Å²) in [6.45, 7) is 0. The monoisotopic (exact) mass is 163 g/mol. The Morgan fingerprint density at radius 2 is 2.33 bits per heavy atom. The molecule has 5 nitrogen and oxygen atoms in total. The largest absolute Gasteiger partial charge is 0.477 e. The van der Waals surface area contributed by atoms with E-state index in [1.165, 1.54) is 23.0 Å². The summed E-state index contributed by atoms with van der Waals surface area (Å²) >= 11 is 0. The summed E-state index contributed by atoms with van der Waals surface area (Å²) in [5, 5.41) is 8.71. The molecule has 60 valence electrons. The number of fused-ring (bicyclic) bond motifs is 1. The van der Waals surface area contributed by atoms with Crippen LogP contribution in [0.5, 0.6) is 0 Å². The number of aromatic carboxylic acids is 1. The van der Waals surface area contributed by atoms with E-state index in [9.17, 15) is 4.79 Å². The molecule has 2 rings (SSSR count). The van der Waals surface area contributed by atoms with Gasteiger partial charge in [-0.2, -0.15) is 0 Å². The van der Waals surface area contributed by atoms with E-state index < -0.39 is 5.97 Å². The minimum atomic E-state index is -1.01. The minimum absolute atomic E-state index is 0.116. The number of nitrogens with zero attached hydrogens (tertiary/aromatic N) is 3. The first-order chi connectivity index (χ1) is 5.79. The Bertz CT molecular complexity index is 435. The van der Waals surface area contributed by atoms with E-state index in [0.717, 1.165) is 0 Å². The van der Waals surface area contributed by atoms with Crippen molar-refractivity contribution >= 4 is 11.6 Å². The molecule has 1 N–H and O–H groups in total. The predicted octanol–water partition coefficient (Wildman–Crippen LogP) is 0.427. The van der Waals surface area contributed by atoms with Crippen LogP contribution in [-0.2, 0) is 0 Å². The second-order valence-corrected chi connectivity index (χ2v) is 2.25. The fourth-order valence-electron chi connectivity index (χ4n) is 1.01. The van der Waals surface area contributed by atoms with Gasteiger partial charge in [0, 0.05) is 12.4 Å². The number of hydrogen-bond donors (Lipinski definition) is 1. The molecular weight excluding hydrogens is 158 g/mol. The molecule has 0 aliphatic carbocycles. The van der Waals surface area contributed by atoms with Crippen molar-refractivity contribution in [3.63, 3.8) is 0 Å². The van der Waals surface area contributed by atoms with Gasteiger partial charge in [0.05, 0.1) is 12.4 Å². The fourth-order valence-corrected chi connectivity index (χ4v) is 1.01. The molecule has 0 radical (unpaired) electrons. The van der Waals surface area contributed by atoms with Gasteiger partial charge < -0.3 is 5.11 Å². The quantitative estimate of drug-likeness (QED) is 0.661. The van der Waals surface area contributed by atoms with E-state index >= 15 is 0 Å². The summed E-state index contributed by atoms with van der Waals surface area (Å²) < 4.78 is 1.47. The van der Waals surface area contributed by atoms with Crippen molar-refractivity contribution < 1.29 is 9.90 Å². The molecule has 2 aromatic rings. The molecule has 0 atom stereocenters. The summed E-state index contributed by atoms with van der Waals surface area (Å²) in [4.78, 5) is 18.3. The average Bonchev–Trinajstić information content (AvgIpc) is 2.49. The van der Waals surface area contributed by atoms with E-state index in [0.29, 0.717) is 5.65 Å². The highest BCUT2D eigenvalue weighted by molar-refractivity contribution is 5.86. The van der Waals surface area contributed by atoms with E-state index in [4.69, 9.17) is 5.11 Å². The van der Waals surface area contributed by atoms with Crippen LogP contribution in [0.4, 0.5) is 0 Å². The van der Waals surface area contributed by atoms with Gasteiger partial charge in [0.1, 0.15) is 0 Å². The zero-order valence-corrected chi connectivity index (χ0v) is 6.01. The molecular formula is C7H5N3O2. The Morgan fingerprint density at radius 1 is 1.50 bits per heavy atom. The van der Waals surface area contributed by atoms with Crippen molar-refractivity contribution in [2.45, 2.75) is 0 Å². The average molecular weight is 163 g/mol. The first-order valence-electron chi connectivity index (χ1n) is 3.29. The van der Waals surface area contributed by atoms with Gasteiger partial charge in [0.15, 0.2) is 11.3 Å². The Hall–Kier alpha value is -1.91. The summed E-state index contributed by atoms with van der Waals surface area (Å²) in [5.74, 6) is -1.01. The number of aromatic nitrogens is 3. The molecule has 5 heteroatoms. The first kappa shape index (κ1) is 6.78. The Balaban J connectivity index is 2.82. The highest BCUT2D eigenvalue weighted by atomic mass is 16.4. The van der Waals surface area contributed by atoms with Crippen LogP contribution < -0.4 is 0 Å². The van der Waals surface area contributed by atoms with Crippen LogP contribution in [0.3, 0.4) is 0 Å². The number of hydrogen-bond acceptors (Lipinski definition) is 3. The maximum absolute atomic E-state index is 10.6. The number of carboxylic acids is 1. The van der Waals surface area contributed by atoms with E-state index in [1.807, 2.05) is 0 Å². The van der Waals surface area contributed by atoms with E-state index in [1.54, 1.807) is 6.20 Å². The van der Waals surface area contributed by atoms with Crippen LogP contribution in [0.15, 0.2) is 24.8 Å². The fraction of sp³-hybridized carbons (Fsp3) is 0. The lowest BCUT2D eigenvalue weighted by Gasteiger charge is -1.96. The number of carbonyl (C=O) groups is 1. The first-order valence-corrected chi connectivity index (χ1v) is 3.29. The van der Waals surface area contributed by atoms with Crippen LogP contribution in [-0.4, -0.2) is 25.4 Å². The number of carboxylic acid groups (broad SMARTS) is 1. The standard InChI is InChI=1S/C7H5N3O2/c11-7(12)5-3-8-4-6-9-1-2-10(5)6/h1-4H,(H,11,12). The molecule has 0 amide bonds. The lowest BCUT2D eigenvalue weighted by molar-refractivity contribution is 0.0688. The third-order valence-corrected chi connectivity index (χ3v) is 1.53. The highest BCUT2D eigenvalue weighted by Crippen LogP contribution is 2.02. The molecule has 12 heavy (non-hydrogen) atoms. The van der Waals surface area contributed by atoms with Crippen molar-refractivity contribution in [2.24, 2.45) is 0 Å². The lowest BCUT2D eigenvalue weighted by Crippen LogP contribution is -2.04. The van der Waals surface area contributed by atoms with Crippen LogP contribution in [0.1, 0.15) is 10.5 Å². The van der Waals surface area contributed by atoms with Crippen LogP contribution in [0, 0.1) is 0 Å². The second kappa shape index (κ2) is 2.30. The highest BCUT2D eigenvalue weighted by Gasteiger charge is 2.07. The second-order valence-electron chi connectivity index (χ2n) is 2.25. The molecule has 0 spiro atoms. The minimum Gasteiger partial charge on any atom is -0.477 e. The molecule has 0 fully saturated rings. The van der Waals surface area contributed by atoms with Gasteiger partial charge in [0.2, 0.25) is 0 Å². The van der Waals surface area contributed by atoms with Gasteiger partial charge in [-0.25, -0.2) is 9.78 Å². The summed E-state index contributed by atoms with van der Waals surface area (Å²) in [5.41, 5.74) is 0.653. The van der Waals surface area contributed by atoms with Gasteiger partial charge >= 0.3 is 5.97 Å². The predicted molar refractivity (Wildman–Crippen MR) is 39.9 cm³/mol. The van der Waals surface area contributed by atoms with Crippen LogP contribution in [0.2, 0.25) is 0 Å². The summed E-state index contributed by atoms with van der Waals surface area (Å²) in [6, 6.07) is 0. The molecule has 2 heterocycles.